The van der Waals surface area contributed by atoms with Gasteiger partial charge in [0.2, 0.25) is 0 Å². The molecule has 1 N–H and O–H groups in total. The Morgan fingerprint density at radius 1 is 1.47 bits per heavy atom. The van der Waals surface area contributed by atoms with E-state index in [9.17, 15) is 4.79 Å². The Kier molecular flexibility index (Phi) is 2.69. The monoisotopic (exact) mass is 259 g/mol. The first-order chi connectivity index (χ1) is 9.06. The van der Waals surface area contributed by atoms with Crippen molar-refractivity contribution in [1.82, 2.24) is 9.55 Å². The van der Waals surface area contributed by atoms with Gasteiger partial charge in [0.15, 0.2) is 0 Å². The van der Waals surface area contributed by atoms with Gasteiger partial charge in [-0.25, -0.2) is 4.98 Å². The summed E-state index contributed by atoms with van der Waals surface area (Å²) in [5.74, 6) is -0.851. The topological polar surface area (TPSA) is 58.4 Å². The molecule has 5 heteroatoms. The first kappa shape index (κ1) is 12.0. The molecule has 100 valence electrons. The average Bonchev–Trinajstić information content (AvgIpc) is 2.68. The van der Waals surface area contributed by atoms with Crippen molar-refractivity contribution in [3.63, 3.8) is 0 Å². The van der Waals surface area contributed by atoms with Gasteiger partial charge in [0.1, 0.15) is 0 Å². The number of rotatable bonds is 3. The van der Waals surface area contributed by atoms with Crippen LogP contribution in [0.15, 0.2) is 24.5 Å². The lowest BCUT2D eigenvalue weighted by Crippen LogP contribution is -2.45. The maximum Gasteiger partial charge on any atom is 0.306 e. The summed E-state index contributed by atoms with van der Waals surface area (Å²) in [5, 5.41) is 8.92. The summed E-state index contributed by atoms with van der Waals surface area (Å²) in [7, 11) is 3.99. The lowest BCUT2D eigenvalue weighted by atomic mass is 9.79. The van der Waals surface area contributed by atoms with E-state index < -0.39 is 5.97 Å². The van der Waals surface area contributed by atoms with Crippen LogP contribution in [0.5, 0.6) is 0 Å². The Morgan fingerprint density at radius 3 is 2.89 bits per heavy atom. The highest BCUT2D eigenvalue weighted by Crippen LogP contribution is 2.34. The molecular formula is C14H17N3O2. The summed E-state index contributed by atoms with van der Waals surface area (Å²) < 4.78 is 1.99. The van der Waals surface area contributed by atoms with Gasteiger partial charge in [0.25, 0.3) is 0 Å². The highest BCUT2D eigenvalue weighted by molar-refractivity contribution is 5.80. The molecule has 1 fully saturated rings. The quantitative estimate of drug-likeness (QED) is 0.914. The molecule has 1 aliphatic rings. The molecule has 1 aromatic carbocycles. The van der Waals surface area contributed by atoms with E-state index in [4.69, 9.17) is 5.11 Å². The summed E-state index contributed by atoms with van der Waals surface area (Å²) in [5.41, 5.74) is 3.18. The minimum Gasteiger partial charge on any atom is -0.481 e. The van der Waals surface area contributed by atoms with Gasteiger partial charge >= 0.3 is 5.97 Å². The largest absolute Gasteiger partial charge is 0.481 e. The molecule has 1 saturated carbocycles. The average molecular weight is 259 g/mol. The van der Waals surface area contributed by atoms with Crippen molar-refractivity contribution >= 4 is 22.7 Å². The normalized spacial score (nSPS) is 22.2. The van der Waals surface area contributed by atoms with Crippen LogP contribution in [0.3, 0.4) is 0 Å². The fourth-order valence-electron chi connectivity index (χ4n) is 2.66. The highest BCUT2D eigenvalue weighted by atomic mass is 16.4. The van der Waals surface area contributed by atoms with Gasteiger partial charge in [-0.15, -0.1) is 0 Å². The Morgan fingerprint density at radius 2 is 2.21 bits per heavy atom. The highest BCUT2D eigenvalue weighted by Gasteiger charge is 2.36. The zero-order chi connectivity index (χ0) is 13.6. The van der Waals surface area contributed by atoms with Crippen LogP contribution in [-0.4, -0.2) is 33.7 Å². The van der Waals surface area contributed by atoms with E-state index >= 15 is 0 Å². The smallest absolute Gasteiger partial charge is 0.306 e. The zero-order valence-corrected chi connectivity index (χ0v) is 11.1. The molecule has 2 aromatic rings. The molecule has 0 amide bonds. The van der Waals surface area contributed by atoms with E-state index in [0.717, 1.165) is 29.6 Å². The number of carboxylic acid groups (broad SMARTS) is 1. The molecule has 5 nitrogen and oxygen atoms in total. The van der Waals surface area contributed by atoms with Gasteiger partial charge in [0, 0.05) is 25.8 Å². The molecule has 19 heavy (non-hydrogen) atoms. The van der Waals surface area contributed by atoms with Crippen molar-refractivity contribution < 1.29 is 9.90 Å². The lowest BCUT2D eigenvalue weighted by Gasteiger charge is -2.40. The summed E-state index contributed by atoms with van der Waals surface area (Å²) in [6.07, 6.45) is 3.26. The third-order valence-corrected chi connectivity index (χ3v) is 4.13. The van der Waals surface area contributed by atoms with Crippen LogP contribution < -0.4 is 4.90 Å². The van der Waals surface area contributed by atoms with Crippen LogP contribution >= 0.6 is 0 Å². The number of hydrogen-bond acceptors (Lipinski definition) is 3. The summed E-state index contributed by atoms with van der Waals surface area (Å²) in [6, 6.07) is 6.51. The number of aliphatic carboxylic acids is 1. The van der Waals surface area contributed by atoms with Crippen molar-refractivity contribution in [2.24, 2.45) is 13.0 Å². The molecule has 0 aliphatic heterocycles. The van der Waals surface area contributed by atoms with Gasteiger partial charge < -0.3 is 14.6 Å². The van der Waals surface area contributed by atoms with E-state index in [1.807, 2.05) is 18.7 Å². The van der Waals surface area contributed by atoms with Crippen LogP contribution in [0.1, 0.15) is 12.8 Å². The Labute approximate surface area is 111 Å². The number of carboxylic acids is 1. The Balaban J connectivity index is 1.79. The minimum absolute atomic E-state index is 0.175. The molecule has 0 bridgehead atoms. The zero-order valence-electron chi connectivity index (χ0n) is 11.1. The van der Waals surface area contributed by atoms with Gasteiger partial charge in [-0.3, -0.25) is 4.79 Å². The van der Waals surface area contributed by atoms with Crippen LogP contribution in [-0.2, 0) is 11.8 Å². The number of imidazole rings is 1. The second-order valence-corrected chi connectivity index (χ2v) is 5.30. The van der Waals surface area contributed by atoms with Crippen LogP contribution in [0.25, 0.3) is 11.0 Å². The van der Waals surface area contributed by atoms with Crippen LogP contribution in [0.4, 0.5) is 5.69 Å². The molecule has 0 radical (unpaired) electrons. The molecule has 1 aromatic heterocycles. The third-order valence-electron chi connectivity index (χ3n) is 4.13. The number of anilines is 1. The molecule has 1 aliphatic carbocycles. The van der Waals surface area contributed by atoms with Crippen molar-refractivity contribution in [3.8, 4) is 0 Å². The van der Waals surface area contributed by atoms with E-state index in [-0.39, 0.29) is 5.92 Å². The number of nitrogens with zero attached hydrogens (tertiary/aromatic N) is 3. The van der Waals surface area contributed by atoms with Gasteiger partial charge in [-0.1, -0.05) is 0 Å². The maximum atomic E-state index is 10.8. The molecule has 1 heterocycles. The van der Waals surface area contributed by atoms with Crippen molar-refractivity contribution in [3.05, 3.63) is 24.5 Å². The Bertz CT molecular complexity index is 629. The van der Waals surface area contributed by atoms with Crippen molar-refractivity contribution in [1.29, 1.82) is 0 Å². The van der Waals surface area contributed by atoms with Crippen molar-refractivity contribution in [2.75, 3.05) is 11.9 Å². The molecule has 0 spiro atoms. The molecule has 0 atom stereocenters. The standard InChI is InChI=1S/C14H17N3O2/c1-16-8-15-12-7-10(3-4-13(12)16)17(2)11-5-9(6-11)14(18)19/h3-4,7-9,11H,5-6H2,1-2H3,(H,18,19). The fraction of sp³-hybridized carbons (Fsp3) is 0.429. The SMILES string of the molecule is CN(c1ccc2c(c1)ncn2C)C1CC(C(=O)O)C1. The number of benzene rings is 1. The molecular weight excluding hydrogens is 242 g/mol. The van der Waals surface area contributed by atoms with Crippen LogP contribution in [0, 0.1) is 5.92 Å². The predicted octanol–water partition coefficient (Wildman–Crippen LogP) is 1.87. The summed E-state index contributed by atoms with van der Waals surface area (Å²) >= 11 is 0. The molecule has 0 saturated heterocycles. The van der Waals surface area contributed by atoms with Gasteiger partial charge in [0.05, 0.1) is 23.3 Å². The van der Waals surface area contributed by atoms with Gasteiger partial charge in [-0.2, -0.15) is 0 Å². The first-order valence-corrected chi connectivity index (χ1v) is 6.43. The van der Waals surface area contributed by atoms with Crippen molar-refractivity contribution in [2.45, 2.75) is 18.9 Å². The number of carbonyl (C=O) groups is 1. The van der Waals surface area contributed by atoms with E-state index in [2.05, 4.69) is 28.1 Å². The summed E-state index contributed by atoms with van der Waals surface area (Å²) in [4.78, 5) is 17.3. The second-order valence-electron chi connectivity index (χ2n) is 5.30. The fourth-order valence-corrected chi connectivity index (χ4v) is 2.66. The Hall–Kier alpha value is -2.04. The second kappa shape index (κ2) is 4.26. The third kappa shape index (κ3) is 1.95. The maximum absolute atomic E-state index is 10.8. The van der Waals surface area contributed by atoms with E-state index in [1.165, 1.54) is 0 Å². The number of aromatic nitrogens is 2. The lowest BCUT2D eigenvalue weighted by molar-refractivity contribution is -0.145. The van der Waals surface area contributed by atoms with Crippen LogP contribution in [0.2, 0.25) is 0 Å². The molecule has 0 unspecified atom stereocenters. The number of fused-ring (bicyclic) bond motifs is 1. The minimum atomic E-state index is -0.676. The van der Waals surface area contributed by atoms with E-state index in [0.29, 0.717) is 6.04 Å². The summed E-state index contributed by atoms with van der Waals surface area (Å²) in [6.45, 7) is 0. The number of hydrogen-bond donors (Lipinski definition) is 1. The van der Waals surface area contributed by atoms with Gasteiger partial charge in [-0.05, 0) is 31.0 Å². The number of aryl methyl sites for hydroxylation is 1. The molecule has 3 rings (SSSR count). The van der Waals surface area contributed by atoms with E-state index in [1.54, 1.807) is 6.33 Å². The first-order valence-electron chi connectivity index (χ1n) is 6.43. The predicted molar refractivity (Wildman–Crippen MR) is 73.3 cm³/mol.